The molecule has 0 fully saturated rings. The Kier molecular flexibility index (Phi) is 3.60. The van der Waals surface area contributed by atoms with Crippen LogP contribution in [0.3, 0.4) is 0 Å². The molecular formula is C11H13NO4. The van der Waals surface area contributed by atoms with Crippen LogP contribution in [-0.2, 0) is 14.3 Å². The Bertz CT molecular complexity index is 404. The van der Waals surface area contributed by atoms with Gasteiger partial charge in [-0.25, -0.2) is 4.79 Å². The molecule has 5 nitrogen and oxygen atoms in total. The maximum Gasteiger partial charge on any atom is 0.409 e. The van der Waals surface area contributed by atoms with Crippen molar-refractivity contribution in [2.24, 2.45) is 0 Å². The van der Waals surface area contributed by atoms with Gasteiger partial charge < -0.3 is 9.64 Å². The summed E-state index contributed by atoms with van der Waals surface area (Å²) >= 11 is 0. The summed E-state index contributed by atoms with van der Waals surface area (Å²) in [6, 6.07) is 0. The molecule has 1 amide bonds. The zero-order chi connectivity index (χ0) is 12.3. The first-order valence-corrected chi connectivity index (χ1v) is 4.73. The van der Waals surface area contributed by atoms with E-state index >= 15 is 0 Å². The number of allylic oxidation sites excluding steroid dienone is 3. The minimum Gasteiger partial charge on any atom is -0.444 e. The number of amides is 1. The highest BCUT2D eigenvalue weighted by atomic mass is 16.6. The molecule has 0 aromatic heterocycles. The average Bonchev–Trinajstić information content (AvgIpc) is 2.20. The lowest BCUT2D eigenvalue weighted by atomic mass is 9.99. The van der Waals surface area contributed by atoms with Gasteiger partial charge in [0.05, 0.1) is 0 Å². The second-order valence-electron chi connectivity index (χ2n) is 3.67. The van der Waals surface area contributed by atoms with Crippen molar-refractivity contribution in [3.05, 3.63) is 23.3 Å². The van der Waals surface area contributed by atoms with Gasteiger partial charge in [-0.3, -0.25) is 9.59 Å². The van der Waals surface area contributed by atoms with E-state index in [0.717, 1.165) is 0 Å². The van der Waals surface area contributed by atoms with Gasteiger partial charge in [0, 0.05) is 25.2 Å². The maximum atomic E-state index is 11.4. The molecule has 1 aliphatic rings. The normalized spacial score (nSPS) is 15.4. The van der Waals surface area contributed by atoms with Gasteiger partial charge >= 0.3 is 6.09 Å². The highest BCUT2D eigenvalue weighted by Gasteiger charge is 2.18. The minimum absolute atomic E-state index is 0.175. The summed E-state index contributed by atoms with van der Waals surface area (Å²) in [5.74, 6) is -0.515. The Hall–Kier alpha value is -1.91. The van der Waals surface area contributed by atoms with Crippen molar-refractivity contribution in [3.8, 4) is 0 Å². The van der Waals surface area contributed by atoms with E-state index in [1.54, 1.807) is 6.92 Å². The van der Waals surface area contributed by atoms with E-state index in [2.05, 4.69) is 0 Å². The van der Waals surface area contributed by atoms with Crippen molar-refractivity contribution in [3.63, 3.8) is 0 Å². The number of hydrogen-bond donors (Lipinski definition) is 0. The molecule has 1 rings (SSSR count). The molecule has 0 N–H and O–H groups in total. The Morgan fingerprint density at radius 3 is 2.44 bits per heavy atom. The first kappa shape index (κ1) is 12.2. The van der Waals surface area contributed by atoms with E-state index < -0.39 is 6.09 Å². The summed E-state index contributed by atoms with van der Waals surface area (Å²) in [5.41, 5.74) is 0.596. The third-order valence-electron chi connectivity index (χ3n) is 2.07. The fourth-order valence-electron chi connectivity index (χ4n) is 1.09. The summed E-state index contributed by atoms with van der Waals surface area (Å²) in [6.45, 7) is 1.39. The third-order valence-corrected chi connectivity index (χ3v) is 2.07. The Balaban J connectivity index is 2.63. The van der Waals surface area contributed by atoms with E-state index in [1.165, 1.54) is 31.1 Å². The van der Waals surface area contributed by atoms with Crippen LogP contribution < -0.4 is 0 Å². The molecular weight excluding hydrogens is 210 g/mol. The summed E-state index contributed by atoms with van der Waals surface area (Å²) in [7, 11) is 3.07. The molecule has 0 aliphatic heterocycles. The van der Waals surface area contributed by atoms with Crippen LogP contribution >= 0.6 is 0 Å². The molecule has 0 bridgehead atoms. The van der Waals surface area contributed by atoms with Gasteiger partial charge in [-0.1, -0.05) is 0 Å². The van der Waals surface area contributed by atoms with Gasteiger partial charge in [-0.05, 0) is 19.1 Å². The molecule has 0 saturated carbocycles. The Morgan fingerprint density at radius 2 is 1.88 bits per heavy atom. The van der Waals surface area contributed by atoms with Crippen molar-refractivity contribution < 1.29 is 19.1 Å². The molecule has 86 valence electrons. The lowest BCUT2D eigenvalue weighted by Crippen LogP contribution is -2.25. The van der Waals surface area contributed by atoms with Gasteiger partial charge in [0.15, 0.2) is 11.6 Å². The average molecular weight is 223 g/mol. The van der Waals surface area contributed by atoms with Crippen LogP contribution in [0.25, 0.3) is 0 Å². The summed E-state index contributed by atoms with van der Waals surface area (Å²) in [5, 5.41) is 0. The highest BCUT2D eigenvalue weighted by Crippen LogP contribution is 2.11. The predicted octanol–water partition coefficient (Wildman–Crippen LogP) is 0.709. The van der Waals surface area contributed by atoms with E-state index in [9.17, 15) is 14.4 Å². The van der Waals surface area contributed by atoms with Gasteiger partial charge in [-0.15, -0.1) is 0 Å². The molecule has 0 aromatic carbocycles. The van der Waals surface area contributed by atoms with Crippen LogP contribution in [0.2, 0.25) is 0 Å². The maximum absolute atomic E-state index is 11.4. The molecule has 0 heterocycles. The highest BCUT2D eigenvalue weighted by molar-refractivity contribution is 6.19. The van der Waals surface area contributed by atoms with E-state index in [4.69, 9.17) is 4.74 Å². The molecule has 0 saturated heterocycles. The lowest BCUT2D eigenvalue weighted by Gasteiger charge is -2.13. The molecule has 0 atom stereocenters. The second kappa shape index (κ2) is 4.74. The van der Waals surface area contributed by atoms with E-state index in [0.29, 0.717) is 5.57 Å². The fourth-order valence-corrected chi connectivity index (χ4v) is 1.09. The standard InChI is InChI=1S/C11H13NO4/c1-7-4-10(14)8(5-9(7)13)6-16-11(15)12(2)3/h4-5H,6H2,1-3H3. The Morgan fingerprint density at radius 1 is 1.25 bits per heavy atom. The lowest BCUT2D eigenvalue weighted by molar-refractivity contribution is -0.115. The van der Waals surface area contributed by atoms with Gasteiger partial charge in [0.1, 0.15) is 6.61 Å². The van der Waals surface area contributed by atoms with E-state index in [1.807, 2.05) is 0 Å². The number of rotatable bonds is 2. The number of ketones is 2. The summed E-state index contributed by atoms with van der Waals surface area (Å²) < 4.78 is 4.81. The molecule has 5 heteroatoms. The van der Waals surface area contributed by atoms with Crippen LogP contribution in [0.1, 0.15) is 6.92 Å². The molecule has 0 aromatic rings. The first-order valence-electron chi connectivity index (χ1n) is 4.73. The van der Waals surface area contributed by atoms with Gasteiger partial charge in [0.25, 0.3) is 0 Å². The van der Waals surface area contributed by atoms with Crippen molar-refractivity contribution >= 4 is 17.7 Å². The SMILES string of the molecule is CC1=CC(=O)C(COC(=O)N(C)C)=CC1=O. The fraction of sp³-hybridized carbons (Fsp3) is 0.364. The zero-order valence-electron chi connectivity index (χ0n) is 9.44. The van der Waals surface area contributed by atoms with Crippen molar-refractivity contribution in [2.75, 3.05) is 20.7 Å². The van der Waals surface area contributed by atoms with Crippen molar-refractivity contribution in [1.29, 1.82) is 0 Å². The van der Waals surface area contributed by atoms with Crippen LogP contribution in [0, 0.1) is 0 Å². The van der Waals surface area contributed by atoms with Crippen LogP contribution in [0.4, 0.5) is 4.79 Å². The topological polar surface area (TPSA) is 63.7 Å². The summed E-state index contributed by atoms with van der Waals surface area (Å²) in [4.78, 5) is 35.1. The smallest absolute Gasteiger partial charge is 0.409 e. The van der Waals surface area contributed by atoms with Gasteiger partial charge in [-0.2, -0.15) is 0 Å². The van der Waals surface area contributed by atoms with Crippen LogP contribution in [-0.4, -0.2) is 43.3 Å². The largest absolute Gasteiger partial charge is 0.444 e. The van der Waals surface area contributed by atoms with Gasteiger partial charge in [0.2, 0.25) is 0 Å². The molecule has 0 radical (unpaired) electrons. The number of ether oxygens (including phenoxy) is 1. The van der Waals surface area contributed by atoms with E-state index in [-0.39, 0.29) is 23.7 Å². The number of nitrogens with zero attached hydrogens (tertiary/aromatic N) is 1. The number of carbonyl (C=O) groups excluding carboxylic acids is 3. The van der Waals surface area contributed by atoms with Crippen LogP contribution in [0.15, 0.2) is 23.3 Å². The number of carbonyl (C=O) groups is 3. The second-order valence-corrected chi connectivity index (χ2v) is 3.67. The zero-order valence-corrected chi connectivity index (χ0v) is 9.44. The first-order chi connectivity index (χ1) is 7.41. The minimum atomic E-state index is -0.549. The third kappa shape index (κ3) is 2.79. The molecule has 0 spiro atoms. The monoisotopic (exact) mass is 223 g/mol. The van der Waals surface area contributed by atoms with Crippen LogP contribution in [0.5, 0.6) is 0 Å². The molecule has 0 unspecified atom stereocenters. The predicted molar refractivity (Wildman–Crippen MR) is 56.9 cm³/mol. The summed E-state index contributed by atoms with van der Waals surface area (Å²) in [6.07, 6.45) is 1.91. The molecule has 16 heavy (non-hydrogen) atoms. The van der Waals surface area contributed by atoms with Crippen molar-refractivity contribution in [2.45, 2.75) is 6.92 Å². The number of hydrogen-bond acceptors (Lipinski definition) is 4. The Labute approximate surface area is 93.4 Å². The quantitative estimate of drug-likeness (QED) is 0.647. The van der Waals surface area contributed by atoms with Crippen molar-refractivity contribution in [1.82, 2.24) is 4.90 Å². The molecule has 1 aliphatic carbocycles.